The summed E-state index contributed by atoms with van der Waals surface area (Å²) >= 11 is 0. The zero-order valence-corrected chi connectivity index (χ0v) is 13.3. The molecule has 6 N–H and O–H groups in total. The lowest BCUT2D eigenvalue weighted by molar-refractivity contribution is -0.123. The molecule has 6 heteroatoms. The van der Waals surface area contributed by atoms with E-state index in [1.807, 2.05) is 21.1 Å². The maximum Gasteiger partial charge on any atom is 0.237 e. The van der Waals surface area contributed by atoms with Gasteiger partial charge in [0.15, 0.2) is 0 Å². The van der Waals surface area contributed by atoms with Gasteiger partial charge in [-0.3, -0.25) is 4.79 Å². The van der Waals surface area contributed by atoms with E-state index in [0.717, 1.165) is 38.6 Å². The van der Waals surface area contributed by atoms with Crippen molar-refractivity contribution in [2.75, 3.05) is 40.8 Å². The molecule has 0 aliphatic heterocycles. The Kier molecular flexibility index (Phi) is 12.8. The summed E-state index contributed by atoms with van der Waals surface area (Å²) in [6.07, 6.45) is 4.93. The largest absolute Gasteiger partial charge is 0.353 e. The zero-order valence-electron chi connectivity index (χ0n) is 13.3. The van der Waals surface area contributed by atoms with Gasteiger partial charge in [-0.25, -0.2) is 0 Å². The highest BCUT2D eigenvalue weighted by Crippen LogP contribution is 2.01. The summed E-state index contributed by atoms with van der Waals surface area (Å²) in [6.45, 7) is 2.36. The predicted molar refractivity (Wildman–Crippen MR) is 84.8 cm³/mol. The maximum atomic E-state index is 12.1. The first kappa shape index (κ1) is 19.3. The first-order valence-corrected chi connectivity index (χ1v) is 7.66. The number of amides is 1. The molecule has 1 amide bonds. The number of unbranched alkanes of at least 4 members (excludes halogenated alkanes) is 1. The van der Waals surface area contributed by atoms with Crippen molar-refractivity contribution in [2.45, 2.75) is 44.2 Å². The number of hydrogen-bond acceptors (Lipinski definition) is 5. The minimum Gasteiger partial charge on any atom is -0.353 e. The summed E-state index contributed by atoms with van der Waals surface area (Å²) in [5.74, 6) is 0.0818. The van der Waals surface area contributed by atoms with Gasteiger partial charge in [-0.05, 0) is 59.9 Å². The normalized spacial score (nSPS) is 14.0. The van der Waals surface area contributed by atoms with Crippen LogP contribution in [0.5, 0.6) is 0 Å². The Morgan fingerprint density at radius 1 is 1.05 bits per heavy atom. The molecule has 0 bridgehead atoms. The van der Waals surface area contributed by atoms with Crippen LogP contribution in [0.3, 0.4) is 0 Å². The van der Waals surface area contributed by atoms with Crippen LogP contribution in [-0.4, -0.2) is 58.8 Å². The van der Waals surface area contributed by atoms with Gasteiger partial charge in [0.25, 0.3) is 0 Å². The average Bonchev–Trinajstić information content (AvgIpc) is 2.47. The van der Waals surface area contributed by atoms with Crippen LogP contribution < -0.4 is 27.0 Å². The van der Waals surface area contributed by atoms with Crippen LogP contribution in [0.25, 0.3) is 0 Å². The Labute approximate surface area is 123 Å². The fourth-order valence-corrected chi connectivity index (χ4v) is 2.12. The third-order valence-electron chi connectivity index (χ3n) is 3.52. The molecular weight excluding hydrogens is 254 g/mol. The van der Waals surface area contributed by atoms with Crippen molar-refractivity contribution in [3.05, 3.63) is 0 Å². The summed E-state index contributed by atoms with van der Waals surface area (Å²) < 4.78 is 0. The van der Waals surface area contributed by atoms with Crippen molar-refractivity contribution in [2.24, 2.45) is 5.73 Å². The molecule has 0 aliphatic rings. The van der Waals surface area contributed by atoms with Crippen molar-refractivity contribution >= 4 is 5.91 Å². The number of carbonyl (C=O) groups excluding carboxylic acids is 1. The lowest BCUT2D eigenvalue weighted by Gasteiger charge is -2.20. The molecule has 0 heterocycles. The molecule has 0 saturated carbocycles. The second kappa shape index (κ2) is 13.3. The number of carbonyl (C=O) groups is 1. The van der Waals surface area contributed by atoms with E-state index in [2.05, 4.69) is 21.3 Å². The van der Waals surface area contributed by atoms with Crippen LogP contribution >= 0.6 is 0 Å². The fraction of sp³-hybridized carbons (Fsp3) is 0.929. The molecule has 2 atom stereocenters. The van der Waals surface area contributed by atoms with E-state index in [0.29, 0.717) is 19.1 Å². The topological polar surface area (TPSA) is 91.2 Å². The first-order chi connectivity index (χ1) is 9.69. The third kappa shape index (κ3) is 9.25. The minimum atomic E-state index is -0.114. The van der Waals surface area contributed by atoms with E-state index in [1.54, 1.807) is 0 Å². The summed E-state index contributed by atoms with van der Waals surface area (Å²) in [7, 11) is 5.72. The van der Waals surface area contributed by atoms with Gasteiger partial charge in [0.05, 0.1) is 6.04 Å². The Hall–Kier alpha value is -0.690. The highest BCUT2D eigenvalue weighted by atomic mass is 16.2. The Bertz CT molecular complexity index is 238. The van der Waals surface area contributed by atoms with Gasteiger partial charge in [0.1, 0.15) is 0 Å². The quantitative estimate of drug-likeness (QED) is 0.292. The highest BCUT2D eigenvalue weighted by Gasteiger charge is 2.16. The van der Waals surface area contributed by atoms with Crippen LogP contribution in [0.4, 0.5) is 0 Å². The van der Waals surface area contributed by atoms with Crippen molar-refractivity contribution in [1.29, 1.82) is 0 Å². The van der Waals surface area contributed by atoms with Crippen LogP contribution in [0.2, 0.25) is 0 Å². The van der Waals surface area contributed by atoms with Gasteiger partial charge in [-0.15, -0.1) is 0 Å². The molecule has 120 valence electrons. The molecule has 0 unspecified atom stereocenters. The van der Waals surface area contributed by atoms with E-state index in [9.17, 15) is 4.79 Å². The number of hydrogen-bond donors (Lipinski definition) is 5. The maximum absolute atomic E-state index is 12.1. The number of nitrogens with one attached hydrogen (secondary N) is 4. The summed E-state index contributed by atoms with van der Waals surface area (Å²) in [6, 6.07) is 0.213. The van der Waals surface area contributed by atoms with Crippen LogP contribution in [-0.2, 0) is 4.79 Å². The molecular formula is C14H33N5O. The Morgan fingerprint density at radius 3 is 2.35 bits per heavy atom. The Morgan fingerprint density at radius 2 is 1.80 bits per heavy atom. The van der Waals surface area contributed by atoms with Gasteiger partial charge >= 0.3 is 0 Å². The predicted octanol–water partition coefficient (Wildman–Crippen LogP) is -0.593. The van der Waals surface area contributed by atoms with Gasteiger partial charge in [-0.2, -0.15) is 0 Å². The van der Waals surface area contributed by atoms with E-state index >= 15 is 0 Å². The van der Waals surface area contributed by atoms with Crippen molar-refractivity contribution in [3.8, 4) is 0 Å². The molecule has 0 saturated heterocycles. The average molecular weight is 287 g/mol. The molecule has 6 nitrogen and oxygen atoms in total. The number of rotatable bonds is 13. The molecule has 0 radical (unpaired) electrons. The summed E-state index contributed by atoms with van der Waals surface area (Å²) in [4.78, 5) is 12.1. The Balaban J connectivity index is 3.95. The standard InChI is InChI=1S/C14H33N5O/c1-16-10-6-7-12(17-2)11-19-14(20)13(18-3)8-4-5-9-15/h12-13,16-18H,4-11,15H2,1-3H3,(H,19,20)/t12-,13-/m0/s1. The van der Waals surface area contributed by atoms with Crippen LogP contribution in [0.1, 0.15) is 32.1 Å². The SMILES string of the molecule is CNCCC[C@@H](CNC(=O)[C@H](CCCCN)NC)NC. The first-order valence-electron chi connectivity index (χ1n) is 7.66. The summed E-state index contributed by atoms with van der Waals surface area (Å²) in [5, 5.41) is 12.5. The van der Waals surface area contributed by atoms with Crippen LogP contribution in [0.15, 0.2) is 0 Å². The second-order valence-electron chi connectivity index (χ2n) is 5.10. The van der Waals surface area contributed by atoms with Gasteiger partial charge < -0.3 is 27.0 Å². The molecule has 0 aromatic heterocycles. The van der Waals surface area contributed by atoms with Crippen molar-refractivity contribution < 1.29 is 4.79 Å². The highest BCUT2D eigenvalue weighted by molar-refractivity contribution is 5.81. The molecule has 0 aromatic carbocycles. The van der Waals surface area contributed by atoms with Crippen molar-refractivity contribution in [3.63, 3.8) is 0 Å². The molecule has 0 aromatic rings. The monoisotopic (exact) mass is 287 g/mol. The third-order valence-corrected chi connectivity index (χ3v) is 3.52. The minimum absolute atomic E-state index is 0.0818. The van der Waals surface area contributed by atoms with Crippen LogP contribution in [0, 0.1) is 0 Å². The van der Waals surface area contributed by atoms with Gasteiger partial charge in [-0.1, -0.05) is 6.42 Å². The number of nitrogens with two attached hydrogens (primary N) is 1. The smallest absolute Gasteiger partial charge is 0.237 e. The van der Waals surface area contributed by atoms with Crippen molar-refractivity contribution in [1.82, 2.24) is 21.3 Å². The fourth-order valence-electron chi connectivity index (χ4n) is 2.12. The lowest BCUT2D eigenvalue weighted by atomic mass is 10.1. The van der Waals surface area contributed by atoms with E-state index < -0.39 is 0 Å². The summed E-state index contributed by atoms with van der Waals surface area (Å²) in [5.41, 5.74) is 5.47. The van der Waals surface area contributed by atoms with E-state index in [1.165, 1.54) is 0 Å². The van der Waals surface area contributed by atoms with Gasteiger partial charge in [0.2, 0.25) is 5.91 Å². The molecule has 0 fully saturated rings. The molecule has 20 heavy (non-hydrogen) atoms. The lowest BCUT2D eigenvalue weighted by Crippen LogP contribution is -2.47. The second-order valence-corrected chi connectivity index (χ2v) is 5.10. The molecule has 0 rings (SSSR count). The van der Waals surface area contributed by atoms with E-state index in [4.69, 9.17) is 5.73 Å². The number of likely N-dealkylation sites (N-methyl/N-ethyl adjacent to an activating group) is 2. The molecule has 0 aliphatic carbocycles. The molecule has 0 spiro atoms. The van der Waals surface area contributed by atoms with E-state index in [-0.39, 0.29) is 11.9 Å². The van der Waals surface area contributed by atoms with Gasteiger partial charge in [0, 0.05) is 12.6 Å². The zero-order chi connectivity index (χ0) is 15.2.